The van der Waals surface area contributed by atoms with E-state index < -0.39 is 9.84 Å². The number of nitrogens with one attached hydrogen (secondary N) is 1. The van der Waals surface area contributed by atoms with Gasteiger partial charge in [0.1, 0.15) is 0 Å². The van der Waals surface area contributed by atoms with Gasteiger partial charge < -0.3 is 5.32 Å². The molecule has 9 nitrogen and oxygen atoms in total. The number of hydrogen-bond donors (Lipinski definition) is 1. The van der Waals surface area contributed by atoms with Crippen LogP contribution >= 0.6 is 0 Å². The van der Waals surface area contributed by atoms with E-state index in [0.717, 1.165) is 22.4 Å². The summed E-state index contributed by atoms with van der Waals surface area (Å²) in [6.45, 7) is 9.59. The maximum atomic E-state index is 13.3. The molecule has 3 aromatic rings. The summed E-state index contributed by atoms with van der Waals surface area (Å²) in [6.07, 6.45) is 0. The molecule has 1 atom stereocenters. The van der Waals surface area contributed by atoms with E-state index >= 15 is 0 Å². The number of carbonyl (C=O) groups excluding carboxylic acids is 1. The Morgan fingerprint density at radius 2 is 1.71 bits per heavy atom. The van der Waals surface area contributed by atoms with E-state index in [2.05, 4.69) is 25.7 Å². The molecular formula is C25H32N6O3S. The number of nitrogens with zero attached hydrogens (tertiary/aromatic N) is 5. The lowest BCUT2D eigenvalue weighted by atomic mass is 10.00. The van der Waals surface area contributed by atoms with E-state index in [0.29, 0.717) is 31.0 Å². The molecule has 0 saturated carbocycles. The highest BCUT2D eigenvalue weighted by Crippen LogP contribution is 2.26. The van der Waals surface area contributed by atoms with E-state index in [4.69, 9.17) is 0 Å². The number of rotatable bonds is 7. The van der Waals surface area contributed by atoms with Gasteiger partial charge in [0.2, 0.25) is 0 Å². The van der Waals surface area contributed by atoms with Gasteiger partial charge in [0.25, 0.3) is 5.91 Å². The van der Waals surface area contributed by atoms with E-state index in [9.17, 15) is 13.2 Å². The molecule has 35 heavy (non-hydrogen) atoms. The number of amides is 1. The molecule has 1 fully saturated rings. The van der Waals surface area contributed by atoms with Gasteiger partial charge in [0.15, 0.2) is 15.7 Å². The van der Waals surface area contributed by atoms with Crippen LogP contribution in [0, 0.1) is 6.92 Å². The predicted molar refractivity (Wildman–Crippen MR) is 135 cm³/mol. The van der Waals surface area contributed by atoms with Crippen LogP contribution in [0.25, 0.3) is 16.8 Å². The molecule has 0 bridgehead atoms. The molecule has 1 N–H and O–H groups in total. The molecule has 0 aliphatic carbocycles. The van der Waals surface area contributed by atoms with Gasteiger partial charge in [0.05, 0.1) is 17.2 Å². The van der Waals surface area contributed by atoms with Crippen LogP contribution in [-0.2, 0) is 9.84 Å². The maximum absolute atomic E-state index is 13.3. The lowest BCUT2D eigenvalue weighted by Crippen LogP contribution is -2.47. The molecule has 1 amide bonds. The summed E-state index contributed by atoms with van der Waals surface area (Å²) < 4.78 is 25.1. The molecule has 0 radical (unpaired) electrons. The highest BCUT2D eigenvalue weighted by Gasteiger charge is 2.23. The minimum Gasteiger partial charge on any atom is -0.348 e. The Hall–Kier alpha value is -3.11. The second kappa shape index (κ2) is 10.2. The first kappa shape index (κ1) is 25.0. The van der Waals surface area contributed by atoms with Crippen LogP contribution in [0.4, 0.5) is 0 Å². The van der Waals surface area contributed by atoms with E-state index in [-0.39, 0.29) is 29.4 Å². The summed E-state index contributed by atoms with van der Waals surface area (Å²) in [7, 11) is -2.93. The molecular weight excluding hydrogens is 464 g/mol. The minimum atomic E-state index is -2.93. The van der Waals surface area contributed by atoms with Gasteiger partial charge in [0, 0.05) is 37.2 Å². The van der Waals surface area contributed by atoms with Crippen LogP contribution in [0.1, 0.15) is 48.4 Å². The summed E-state index contributed by atoms with van der Waals surface area (Å²) in [6, 6.07) is 13.7. The molecule has 0 spiro atoms. The summed E-state index contributed by atoms with van der Waals surface area (Å²) in [5.74, 6) is 0.959. The normalized spacial score (nSPS) is 16.8. The highest BCUT2D eigenvalue weighted by molar-refractivity contribution is 7.91. The number of aromatic nitrogens is 4. The van der Waals surface area contributed by atoms with Gasteiger partial charge in [-0.05, 0) is 53.6 Å². The lowest BCUT2D eigenvalue weighted by Gasteiger charge is -2.29. The fraction of sp³-hybridized carbons (Fsp3) is 0.440. The van der Waals surface area contributed by atoms with Crippen LogP contribution in [-0.4, -0.2) is 76.6 Å². The number of hydrogen-bond acceptors (Lipinski definition) is 7. The van der Waals surface area contributed by atoms with Crippen LogP contribution < -0.4 is 5.32 Å². The van der Waals surface area contributed by atoms with Crippen molar-refractivity contribution < 1.29 is 13.2 Å². The smallest absolute Gasteiger partial charge is 0.251 e. The third-order valence-corrected chi connectivity index (χ3v) is 7.78. The van der Waals surface area contributed by atoms with Gasteiger partial charge in [-0.1, -0.05) is 43.7 Å². The average Bonchev–Trinajstić information content (AvgIpc) is 3.31. The van der Waals surface area contributed by atoms with Crippen molar-refractivity contribution in [2.45, 2.75) is 39.7 Å². The van der Waals surface area contributed by atoms with Crippen LogP contribution in [0.5, 0.6) is 0 Å². The second-order valence-electron chi connectivity index (χ2n) is 9.57. The van der Waals surface area contributed by atoms with Crippen molar-refractivity contribution in [1.82, 2.24) is 30.4 Å². The quantitative estimate of drug-likeness (QED) is 0.535. The van der Waals surface area contributed by atoms with Crippen molar-refractivity contribution in [3.63, 3.8) is 0 Å². The van der Waals surface area contributed by atoms with Crippen molar-refractivity contribution in [3.8, 4) is 16.8 Å². The predicted octanol–water partition coefficient (Wildman–Crippen LogP) is 2.61. The largest absolute Gasteiger partial charge is 0.348 e. The standard InChI is InChI=1S/C25H32N6O3S/c1-17(2)24-27-28-29-31(24)23-14-21(20-7-5-18(3)6-8-20)13-22(15-23)25(32)26-19(4)16-30-9-11-35(33,34)12-10-30/h5-8,13-15,17,19H,9-12,16H2,1-4H3,(H,26,32)/t19-/m1/s1. The van der Waals surface area contributed by atoms with Crippen molar-refractivity contribution in [2.24, 2.45) is 0 Å². The zero-order valence-electron chi connectivity index (χ0n) is 20.6. The molecule has 1 aliphatic heterocycles. The Bertz CT molecular complexity index is 1290. The molecule has 0 unspecified atom stereocenters. The molecule has 2 aromatic carbocycles. The van der Waals surface area contributed by atoms with Gasteiger partial charge in [-0.2, -0.15) is 4.68 Å². The first-order valence-corrected chi connectivity index (χ1v) is 13.7. The molecule has 10 heteroatoms. The van der Waals surface area contributed by atoms with Gasteiger partial charge in [-0.25, -0.2) is 8.42 Å². The first-order valence-electron chi connectivity index (χ1n) is 11.9. The van der Waals surface area contributed by atoms with E-state index in [1.807, 2.05) is 64.1 Å². The van der Waals surface area contributed by atoms with Crippen LogP contribution in [0.2, 0.25) is 0 Å². The molecule has 1 aromatic heterocycles. The fourth-order valence-electron chi connectivity index (χ4n) is 4.19. The molecule has 186 valence electrons. The average molecular weight is 497 g/mol. The second-order valence-corrected chi connectivity index (χ2v) is 11.9. The lowest BCUT2D eigenvalue weighted by molar-refractivity contribution is 0.0930. The first-order chi connectivity index (χ1) is 16.6. The van der Waals surface area contributed by atoms with Crippen molar-refractivity contribution in [1.29, 1.82) is 0 Å². The third-order valence-electron chi connectivity index (χ3n) is 6.17. The number of carbonyl (C=O) groups is 1. The van der Waals surface area contributed by atoms with Crippen LogP contribution in [0.3, 0.4) is 0 Å². The third kappa shape index (κ3) is 6.12. The van der Waals surface area contributed by atoms with Crippen molar-refractivity contribution in [2.75, 3.05) is 31.1 Å². The number of benzene rings is 2. The Morgan fingerprint density at radius 3 is 2.37 bits per heavy atom. The Morgan fingerprint density at radius 1 is 1.03 bits per heavy atom. The Kier molecular flexibility index (Phi) is 7.32. The van der Waals surface area contributed by atoms with E-state index in [1.165, 1.54) is 0 Å². The molecule has 1 aliphatic rings. The SMILES string of the molecule is Cc1ccc(-c2cc(C(=O)N[C@H](C)CN3CCS(=O)(=O)CC3)cc(-n3nnnc3C(C)C)c2)cc1. The fourth-order valence-corrected chi connectivity index (χ4v) is 5.46. The van der Waals surface area contributed by atoms with Crippen LogP contribution in [0.15, 0.2) is 42.5 Å². The Labute approximate surface area is 206 Å². The maximum Gasteiger partial charge on any atom is 0.251 e. The zero-order chi connectivity index (χ0) is 25.2. The van der Waals surface area contributed by atoms with Crippen molar-refractivity contribution in [3.05, 3.63) is 59.4 Å². The van der Waals surface area contributed by atoms with Gasteiger partial charge in [-0.3, -0.25) is 9.69 Å². The summed E-state index contributed by atoms with van der Waals surface area (Å²) in [4.78, 5) is 15.4. The minimum absolute atomic E-state index is 0.110. The highest BCUT2D eigenvalue weighted by atomic mass is 32.2. The Balaban J connectivity index is 1.60. The number of tetrazole rings is 1. The molecule has 2 heterocycles. The van der Waals surface area contributed by atoms with E-state index in [1.54, 1.807) is 10.7 Å². The summed E-state index contributed by atoms with van der Waals surface area (Å²) in [5, 5.41) is 15.2. The summed E-state index contributed by atoms with van der Waals surface area (Å²) in [5.41, 5.74) is 4.27. The number of sulfone groups is 1. The molecule has 1 saturated heterocycles. The van der Waals surface area contributed by atoms with Crippen molar-refractivity contribution >= 4 is 15.7 Å². The summed E-state index contributed by atoms with van der Waals surface area (Å²) >= 11 is 0. The number of aryl methyl sites for hydroxylation is 1. The van der Waals surface area contributed by atoms with Gasteiger partial charge >= 0.3 is 0 Å². The zero-order valence-corrected chi connectivity index (χ0v) is 21.4. The topological polar surface area (TPSA) is 110 Å². The molecule has 4 rings (SSSR count). The monoisotopic (exact) mass is 496 g/mol. The van der Waals surface area contributed by atoms with Gasteiger partial charge in [-0.15, -0.1) is 5.10 Å².